The molecule has 0 aromatic carbocycles. The summed E-state index contributed by atoms with van der Waals surface area (Å²) < 4.78 is 0. The number of nitrogens with one attached hydrogen (secondary N) is 2. The van der Waals surface area contributed by atoms with E-state index in [0.29, 0.717) is 19.5 Å². The van der Waals surface area contributed by atoms with E-state index >= 15 is 0 Å². The summed E-state index contributed by atoms with van der Waals surface area (Å²) in [5.74, 6) is 0.445. The lowest BCUT2D eigenvalue weighted by molar-refractivity contribution is -0.135. The molecule has 2 N–H and O–H groups in total. The van der Waals surface area contributed by atoms with Crippen LogP contribution in [0.15, 0.2) is 0 Å². The molecule has 0 aliphatic carbocycles. The predicted octanol–water partition coefficient (Wildman–Crippen LogP) is 0.751. The molecular formula is C14H27N3O2. The van der Waals surface area contributed by atoms with Gasteiger partial charge in [0.15, 0.2) is 0 Å². The molecular weight excluding hydrogens is 242 g/mol. The maximum absolute atomic E-state index is 11.9. The van der Waals surface area contributed by atoms with Crippen LogP contribution in [0.3, 0.4) is 0 Å². The monoisotopic (exact) mass is 269 g/mol. The van der Waals surface area contributed by atoms with Gasteiger partial charge in [0.2, 0.25) is 11.8 Å². The number of hydrogen-bond acceptors (Lipinski definition) is 3. The van der Waals surface area contributed by atoms with Gasteiger partial charge in [-0.1, -0.05) is 13.3 Å². The summed E-state index contributed by atoms with van der Waals surface area (Å²) in [7, 11) is 1.85. The third-order valence-electron chi connectivity index (χ3n) is 3.64. The molecule has 0 aromatic rings. The molecule has 1 aliphatic rings. The second-order valence-corrected chi connectivity index (χ2v) is 5.15. The Balaban J connectivity index is 2.24. The zero-order valence-electron chi connectivity index (χ0n) is 12.2. The summed E-state index contributed by atoms with van der Waals surface area (Å²) in [5, 5.41) is 5.96. The minimum Gasteiger partial charge on any atom is -0.356 e. The van der Waals surface area contributed by atoms with E-state index < -0.39 is 0 Å². The maximum atomic E-state index is 11.9. The lowest BCUT2D eigenvalue weighted by atomic mass is 9.95. The van der Waals surface area contributed by atoms with Crippen LogP contribution < -0.4 is 10.6 Å². The van der Waals surface area contributed by atoms with Crippen LogP contribution in [0.2, 0.25) is 0 Å². The summed E-state index contributed by atoms with van der Waals surface area (Å²) in [4.78, 5) is 25.6. The molecule has 0 spiro atoms. The maximum Gasteiger partial charge on any atom is 0.223 e. The van der Waals surface area contributed by atoms with Gasteiger partial charge in [0.05, 0.1) is 0 Å². The van der Waals surface area contributed by atoms with Gasteiger partial charge < -0.3 is 15.5 Å². The Morgan fingerprint density at radius 2 is 1.89 bits per heavy atom. The van der Waals surface area contributed by atoms with Gasteiger partial charge in [-0.25, -0.2) is 0 Å². The number of carbonyl (C=O) groups is 2. The molecule has 5 nitrogen and oxygen atoms in total. The number of amides is 2. The van der Waals surface area contributed by atoms with Crippen molar-refractivity contribution in [2.24, 2.45) is 5.92 Å². The zero-order valence-corrected chi connectivity index (χ0v) is 12.2. The van der Waals surface area contributed by atoms with Gasteiger partial charge >= 0.3 is 0 Å². The van der Waals surface area contributed by atoms with Crippen molar-refractivity contribution in [3.63, 3.8) is 0 Å². The number of carbonyl (C=O) groups excluding carboxylic acids is 2. The van der Waals surface area contributed by atoms with Crippen molar-refractivity contribution < 1.29 is 9.59 Å². The standard InChI is InChI=1S/C14H27N3O2/c1-3-4-8-16-14(19)12-6-10-17(11-7-12)13(18)5-9-15-2/h12,15H,3-11H2,1-2H3,(H,16,19). The highest BCUT2D eigenvalue weighted by Gasteiger charge is 2.26. The highest BCUT2D eigenvalue weighted by molar-refractivity contribution is 5.80. The van der Waals surface area contributed by atoms with Crippen molar-refractivity contribution in [3.05, 3.63) is 0 Å². The fourth-order valence-corrected chi connectivity index (χ4v) is 2.31. The van der Waals surface area contributed by atoms with Crippen molar-refractivity contribution in [1.29, 1.82) is 0 Å². The van der Waals surface area contributed by atoms with Crippen molar-refractivity contribution >= 4 is 11.8 Å². The molecule has 0 radical (unpaired) electrons. The van der Waals surface area contributed by atoms with Gasteiger partial charge in [-0.15, -0.1) is 0 Å². The van der Waals surface area contributed by atoms with E-state index in [1.165, 1.54) is 0 Å². The molecule has 1 rings (SSSR count). The van der Waals surface area contributed by atoms with Crippen molar-refractivity contribution in [1.82, 2.24) is 15.5 Å². The molecule has 2 amide bonds. The van der Waals surface area contributed by atoms with Gasteiger partial charge in [0.1, 0.15) is 0 Å². The minimum absolute atomic E-state index is 0.0882. The van der Waals surface area contributed by atoms with Crippen LogP contribution in [0, 0.1) is 5.92 Å². The normalized spacial score (nSPS) is 16.4. The first-order valence-electron chi connectivity index (χ1n) is 7.39. The molecule has 0 atom stereocenters. The smallest absolute Gasteiger partial charge is 0.223 e. The van der Waals surface area contributed by atoms with Crippen LogP contribution in [-0.4, -0.2) is 49.9 Å². The van der Waals surface area contributed by atoms with Gasteiger partial charge in [-0.05, 0) is 26.3 Å². The number of likely N-dealkylation sites (tertiary alicyclic amines) is 1. The van der Waals surface area contributed by atoms with E-state index in [0.717, 1.165) is 38.8 Å². The molecule has 0 aromatic heterocycles. The van der Waals surface area contributed by atoms with Crippen LogP contribution in [0.25, 0.3) is 0 Å². The molecule has 19 heavy (non-hydrogen) atoms. The summed E-state index contributed by atoms with van der Waals surface area (Å²) in [6, 6.07) is 0. The van der Waals surface area contributed by atoms with E-state index in [4.69, 9.17) is 0 Å². The van der Waals surface area contributed by atoms with E-state index in [1.54, 1.807) is 0 Å². The summed E-state index contributed by atoms with van der Waals surface area (Å²) in [6.45, 7) is 5.04. The van der Waals surface area contributed by atoms with E-state index in [2.05, 4.69) is 17.6 Å². The van der Waals surface area contributed by atoms with Crippen LogP contribution in [0.4, 0.5) is 0 Å². The first-order valence-corrected chi connectivity index (χ1v) is 7.39. The fraction of sp³-hybridized carbons (Fsp3) is 0.857. The minimum atomic E-state index is 0.0882. The van der Waals surface area contributed by atoms with Crippen LogP contribution in [0.5, 0.6) is 0 Å². The Labute approximate surface area is 116 Å². The fourth-order valence-electron chi connectivity index (χ4n) is 2.31. The molecule has 110 valence electrons. The van der Waals surface area contributed by atoms with Crippen LogP contribution in [-0.2, 0) is 9.59 Å². The molecule has 0 unspecified atom stereocenters. The van der Waals surface area contributed by atoms with Gasteiger partial charge in [0, 0.05) is 38.5 Å². The molecule has 1 saturated heterocycles. The van der Waals surface area contributed by atoms with Crippen LogP contribution in [0.1, 0.15) is 39.0 Å². The highest BCUT2D eigenvalue weighted by atomic mass is 16.2. The number of piperidine rings is 1. The van der Waals surface area contributed by atoms with Gasteiger partial charge in [-0.3, -0.25) is 9.59 Å². The van der Waals surface area contributed by atoms with E-state index in [-0.39, 0.29) is 17.7 Å². The lowest BCUT2D eigenvalue weighted by Crippen LogP contribution is -2.43. The Hall–Kier alpha value is -1.10. The van der Waals surface area contributed by atoms with Gasteiger partial charge in [0.25, 0.3) is 0 Å². The lowest BCUT2D eigenvalue weighted by Gasteiger charge is -2.31. The molecule has 0 saturated carbocycles. The van der Waals surface area contributed by atoms with E-state index in [9.17, 15) is 9.59 Å². The Morgan fingerprint density at radius 3 is 2.47 bits per heavy atom. The van der Waals surface area contributed by atoms with Gasteiger partial charge in [-0.2, -0.15) is 0 Å². The molecule has 0 bridgehead atoms. The predicted molar refractivity (Wildman–Crippen MR) is 75.8 cm³/mol. The second-order valence-electron chi connectivity index (χ2n) is 5.15. The number of rotatable bonds is 7. The molecule has 1 heterocycles. The molecule has 5 heteroatoms. The summed E-state index contributed by atoms with van der Waals surface area (Å²) in [6.07, 6.45) is 4.27. The number of nitrogens with zero attached hydrogens (tertiary/aromatic N) is 1. The Morgan fingerprint density at radius 1 is 1.21 bits per heavy atom. The third kappa shape index (κ3) is 5.59. The SMILES string of the molecule is CCCCNC(=O)C1CCN(C(=O)CCNC)CC1. The zero-order chi connectivity index (χ0) is 14.1. The third-order valence-corrected chi connectivity index (χ3v) is 3.64. The average Bonchev–Trinajstić information content (AvgIpc) is 2.45. The Kier molecular flexibility index (Phi) is 7.48. The van der Waals surface area contributed by atoms with Crippen molar-refractivity contribution in [3.8, 4) is 0 Å². The quantitative estimate of drug-likeness (QED) is 0.671. The van der Waals surface area contributed by atoms with E-state index in [1.807, 2.05) is 11.9 Å². The second kappa shape index (κ2) is 8.91. The van der Waals surface area contributed by atoms with Crippen molar-refractivity contribution in [2.45, 2.75) is 39.0 Å². The van der Waals surface area contributed by atoms with Crippen molar-refractivity contribution in [2.75, 3.05) is 33.2 Å². The molecule has 1 aliphatic heterocycles. The Bertz CT molecular complexity index is 286. The highest BCUT2D eigenvalue weighted by Crippen LogP contribution is 2.17. The average molecular weight is 269 g/mol. The summed E-state index contributed by atoms with van der Waals surface area (Å²) in [5.41, 5.74) is 0. The number of unbranched alkanes of at least 4 members (excludes halogenated alkanes) is 1. The first kappa shape index (κ1) is 16.0. The number of hydrogen-bond donors (Lipinski definition) is 2. The topological polar surface area (TPSA) is 61.4 Å². The van der Waals surface area contributed by atoms with Crippen LogP contribution >= 0.6 is 0 Å². The largest absolute Gasteiger partial charge is 0.356 e. The summed E-state index contributed by atoms with van der Waals surface area (Å²) >= 11 is 0. The first-order chi connectivity index (χ1) is 9.19. The molecule has 1 fully saturated rings.